The summed E-state index contributed by atoms with van der Waals surface area (Å²) in [6.07, 6.45) is 6.39. The van der Waals surface area contributed by atoms with Gasteiger partial charge in [0.1, 0.15) is 0 Å². The first-order valence-corrected chi connectivity index (χ1v) is 8.53. The van der Waals surface area contributed by atoms with Crippen LogP contribution in [0.15, 0.2) is 41.2 Å². The second-order valence-electron chi connectivity index (χ2n) is 5.59. The zero-order valence-electron chi connectivity index (χ0n) is 11.8. The largest absolute Gasteiger partial charge is 0.313 e. The lowest BCUT2D eigenvalue weighted by atomic mass is 9.80. The van der Waals surface area contributed by atoms with E-state index in [1.54, 1.807) is 11.3 Å². The summed E-state index contributed by atoms with van der Waals surface area (Å²) in [4.78, 5) is 4.35. The van der Waals surface area contributed by atoms with Gasteiger partial charge in [0.05, 0.1) is 11.2 Å². The molecule has 1 fully saturated rings. The minimum Gasteiger partial charge on any atom is -0.313 e. The molecule has 0 bridgehead atoms. The van der Waals surface area contributed by atoms with Crippen LogP contribution in [0.1, 0.15) is 42.9 Å². The Morgan fingerprint density at radius 2 is 2.00 bits per heavy atom. The van der Waals surface area contributed by atoms with Gasteiger partial charge in [-0.3, -0.25) is 0 Å². The molecule has 3 rings (SSSR count). The summed E-state index contributed by atoms with van der Waals surface area (Å²) in [5.74, 6) is 0.681. The fourth-order valence-electron chi connectivity index (χ4n) is 3.22. The van der Waals surface area contributed by atoms with Crippen molar-refractivity contribution >= 4 is 11.3 Å². The summed E-state index contributed by atoms with van der Waals surface area (Å²) in [7, 11) is 0. The maximum Gasteiger partial charge on any atom is 0.0794 e. The number of aromatic nitrogens is 1. The summed E-state index contributed by atoms with van der Waals surface area (Å²) in [6.45, 7) is 1.04. The van der Waals surface area contributed by atoms with Crippen LogP contribution in [0.5, 0.6) is 0 Å². The van der Waals surface area contributed by atoms with Crippen LogP contribution >= 0.6 is 11.3 Å². The van der Waals surface area contributed by atoms with Crippen LogP contribution in [-0.2, 0) is 6.42 Å². The summed E-state index contributed by atoms with van der Waals surface area (Å²) >= 11 is 1.68. The highest BCUT2D eigenvalue weighted by atomic mass is 32.1. The molecule has 106 valence electrons. The minimum absolute atomic E-state index is 0.629. The number of benzene rings is 1. The Bertz CT molecular complexity index is 495. The van der Waals surface area contributed by atoms with Crippen molar-refractivity contribution in [3.05, 3.63) is 52.5 Å². The maximum atomic E-state index is 4.35. The van der Waals surface area contributed by atoms with E-state index in [0.29, 0.717) is 12.0 Å². The van der Waals surface area contributed by atoms with Gasteiger partial charge in [-0.15, -0.1) is 11.3 Å². The Morgan fingerprint density at radius 3 is 2.80 bits per heavy atom. The van der Waals surface area contributed by atoms with Crippen molar-refractivity contribution in [2.75, 3.05) is 6.54 Å². The molecular weight excluding hydrogens is 264 g/mol. The molecule has 1 heterocycles. The van der Waals surface area contributed by atoms with Gasteiger partial charge in [0.25, 0.3) is 0 Å². The van der Waals surface area contributed by atoms with Gasteiger partial charge in [0, 0.05) is 24.4 Å². The molecule has 20 heavy (non-hydrogen) atoms. The highest BCUT2D eigenvalue weighted by Gasteiger charge is 2.25. The number of rotatable bonds is 5. The fraction of sp³-hybridized carbons (Fsp3) is 0.471. The highest BCUT2D eigenvalue weighted by molar-refractivity contribution is 7.07. The molecule has 1 aromatic heterocycles. The normalized spacial score (nSPS) is 22.8. The van der Waals surface area contributed by atoms with Crippen molar-refractivity contribution in [2.45, 2.75) is 44.1 Å². The van der Waals surface area contributed by atoms with Crippen molar-refractivity contribution in [1.82, 2.24) is 10.3 Å². The molecular formula is C17H22N2S. The van der Waals surface area contributed by atoms with Crippen molar-refractivity contribution in [2.24, 2.45) is 0 Å². The summed E-state index contributed by atoms with van der Waals surface area (Å²) < 4.78 is 0. The van der Waals surface area contributed by atoms with Gasteiger partial charge >= 0.3 is 0 Å². The predicted molar refractivity (Wildman–Crippen MR) is 85.3 cm³/mol. The molecule has 0 radical (unpaired) electrons. The first-order valence-electron chi connectivity index (χ1n) is 7.59. The fourth-order valence-corrected chi connectivity index (χ4v) is 3.81. The number of thiazole rings is 1. The molecule has 1 aromatic carbocycles. The van der Waals surface area contributed by atoms with Gasteiger partial charge in [-0.1, -0.05) is 43.2 Å². The van der Waals surface area contributed by atoms with E-state index in [1.165, 1.54) is 36.9 Å². The molecule has 2 atom stereocenters. The number of nitrogens with zero attached hydrogens (tertiary/aromatic N) is 1. The average Bonchev–Trinajstić information content (AvgIpc) is 3.02. The molecule has 1 saturated carbocycles. The van der Waals surface area contributed by atoms with Gasteiger partial charge in [0.15, 0.2) is 0 Å². The van der Waals surface area contributed by atoms with E-state index < -0.39 is 0 Å². The average molecular weight is 286 g/mol. The van der Waals surface area contributed by atoms with Gasteiger partial charge in [-0.05, 0) is 24.3 Å². The lowest BCUT2D eigenvalue weighted by Gasteiger charge is -2.32. The van der Waals surface area contributed by atoms with Crippen LogP contribution in [0.25, 0.3) is 0 Å². The Hall–Kier alpha value is -1.19. The molecule has 3 heteroatoms. The molecule has 1 aliphatic rings. The Morgan fingerprint density at radius 1 is 1.15 bits per heavy atom. The highest BCUT2D eigenvalue weighted by Crippen LogP contribution is 2.32. The van der Waals surface area contributed by atoms with E-state index in [1.807, 2.05) is 5.51 Å². The smallest absolute Gasteiger partial charge is 0.0794 e. The van der Waals surface area contributed by atoms with Crippen LogP contribution in [0.3, 0.4) is 0 Å². The molecule has 2 nitrogen and oxygen atoms in total. The van der Waals surface area contributed by atoms with E-state index in [9.17, 15) is 0 Å². The second-order valence-corrected chi connectivity index (χ2v) is 6.31. The van der Waals surface area contributed by atoms with Crippen LogP contribution < -0.4 is 5.32 Å². The SMILES string of the molecule is c1ccc(C2CCCCC2NCCc2cscn2)cc1. The van der Waals surface area contributed by atoms with E-state index >= 15 is 0 Å². The van der Waals surface area contributed by atoms with E-state index in [4.69, 9.17) is 0 Å². The summed E-state index contributed by atoms with van der Waals surface area (Å²) in [5, 5.41) is 5.92. The van der Waals surface area contributed by atoms with E-state index in [2.05, 4.69) is 46.0 Å². The molecule has 0 aliphatic heterocycles. The van der Waals surface area contributed by atoms with Crippen LogP contribution in [0, 0.1) is 0 Å². The molecule has 1 N–H and O–H groups in total. The lowest BCUT2D eigenvalue weighted by Crippen LogP contribution is -2.38. The van der Waals surface area contributed by atoms with Crippen molar-refractivity contribution in [3.8, 4) is 0 Å². The first-order chi connectivity index (χ1) is 9.93. The van der Waals surface area contributed by atoms with Gasteiger partial charge in [0.2, 0.25) is 0 Å². The zero-order valence-corrected chi connectivity index (χ0v) is 12.6. The molecule has 1 aliphatic carbocycles. The van der Waals surface area contributed by atoms with Crippen LogP contribution in [-0.4, -0.2) is 17.6 Å². The maximum absolute atomic E-state index is 4.35. The first kappa shape index (κ1) is 13.8. The van der Waals surface area contributed by atoms with Crippen molar-refractivity contribution < 1.29 is 0 Å². The summed E-state index contributed by atoms with van der Waals surface area (Å²) in [5.41, 5.74) is 4.64. The van der Waals surface area contributed by atoms with Crippen molar-refractivity contribution in [1.29, 1.82) is 0 Å². The third-order valence-corrected chi connectivity index (χ3v) is 4.90. The number of hydrogen-bond donors (Lipinski definition) is 1. The topological polar surface area (TPSA) is 24.9 Å². The Balaban J connectivity index is 1.58. The third-order valence-electron chi connectivity index (χ3n) is 4.26. The molecule has 2 unspecified atom stereocenters. The van der Waals surface area contributed by atoms with Crippen LogP contribution in [0.2, 0.25) is 0 Å². The van der Waals surface area contributed by atoms with E-state index in [0.717, 1.165) is 13.0 Å². The van der Waals surface area contributed by atoms with E-state index in [-0.39, 0.29) is 0 Å². The Kier molecular flexibility index (Phi) is 4.82. The molecule has 0 spiro atoms. The molecule has 2 aromatic rings. The lowest BCUT2D eigenvalue weighted by molar-refractivity contribution is 0.329. The quantitative estimate of drug-likeness (QED) is 0.898. The van der Waals surface area contributed by atoms with Crippen molar-refractivity contribution in [3.63, 3.8) is 0 Å². The second kappa shape index (κ2) is 7.00. The zero-order chi connectivity index (χ0) is 13.6. The Labute approximate surface area is 125 Å². The summed E-state index contributed by atoms with van der Waals surface area (Å²) in [6, 6.07) is 11.6. The standard InChI is InChI=1S/C17H22N2S/c1-2-6-14(7-3-1)16-8-4-5-9-17(16)18-11-10-15-12-20-13-19-15/h1-3,6-7,12-13,16-18H,4-5,8-11H2. The van der Waals surface area contributed by atoms with Gasteiger partial charge in [-0.25, -0.2) is 4.98 Å². The monoisotopic (exact) mass is 286 g/mol. The molecule has 0 amide bonds. The van der Waals surface area contributed by atoms with Crippen LogP contribution in [0.4, 0.5) is 0 Å². The molecule has 0 saturated heterocycles. The van der Waals surface area contributed by atoms with Gasteiger partial charge in [-0.2, -0.15) is 0 Å². The predicted octanol–water partition coefficient (Wildman–Crippen LogP) is 4.00. The minimum atomic E-state index is 0.629. The number of nitrogens with one attached hydrogen (secondary N) is 1. The number of hydrogen-bond acceptors (Lipinski definition) is 3. The van der Waals surface area contributed by atoms with Gasteiger partial charge < -0.3 is 5.32 Å². The third kappa shape index (κ3) is 3.47.